The molecule has 0 bridgehead atoms. The van der Waals surface area contributed by atoms with Crippen LogP contribution in [0.25, 0.3) is 0 Å². The summed E-state index contributed by atoms with van der Waals surface area (Å²) < 4.78 is 5.67. The Morgan fingerprint density at radius 1 is 1.35 bits per heavy atom. The molecule has 1 aromatic carbocycles. The smallest absolute Gasteiger partial charge is 0.321 e. The van der Waals surface area contributed by atoms with Crippen LogP contribution in [0.2, 0.25) is 0 Å². The van der Waals surface area contributed by atoms with E-state index in [1.165, 1.54) is 11.3 Å². The van der Waals surface area contributed by atoms with Crippen molar-refractivity contribution in [2.75, 3.05) is 43.0 Å². The van der Waals surface area contributed by atoms with Crippen molar-refractivity contribution in [1.29, 1.82) is 0 Å². The van der Waals surface area contributed by atoms with Gasteiger partial charge < -0.3 is 19.9 Å². The Kier molecular flexibility index (Phi) is 5.06. The second-order valence-electron chi connectivity index (χ2n) is 6.27. The van der Waals surface area contributed by atoms with E-state index in [0.717, 1.165) is 44.6 Å². The fourth-order valence-corrected chi connectivity index (χ4v) is 3.55. The number of hydrogen-bond donors (Lipinski definition) is 1. The number of anilines is 2. The summed E-state index contributed by atoms with van der Waals surface area (Å²) >= 11 is 0. The molecule has 126 valence electrons. The first kappa shape index (κ1) is 16.1. The number of urea groups is 1. The van der Waals surface area contributed by atoms with Crippen molar-refractivity contribution in [1.82, 2.24) is 4.90 Å². The molecule has 5 heteroatoms. The van der Waals surface area contributed by atoms with Crippen LogP contribution in [0.1, 0.15) is 32.3 Å². The lowest BCUT2D eigenvalue weighted by molar-refractivity contribution is 0.0181. The average Bonchev–Trinajstić information content (AvgIpc) is 2.98. The number of carbonyl (C=O) groups is 1. The van der Waals surface area contributed by atoms with Gasteiger partial charge in [-0.1, -0.05) is 6.07 Å². The number of ether oxygens (including phenoxy) is 1. The summed E-state index contributed by atoms with van der Waals surface area (Å²) in [4.78, 5) is 16.7. The van der Waals surface area contributed by atoms with E-state index in [1.807, 2.05) is 17.9 Å². The molecular weight excluding hydrogens is 290 g/mol. The van der Waals surface area contributed by atoms with Gasteiger partial charge >= 0.3 is 6.03 Å². The van der Waals surface area contributed by atoms with Gasteiger partial charge in [0.05, 0.1) is 6.10 Å². The third-order valence-electron chi connectivity index (χ3n) is 4.78. The fraction of sp³-hybridized carbons (Fsp3) is 0.611. The number of benzene rings is 1. The minimum atomic E-state index is -0.0181. The zero-order chi connectivity index (χ0) is 16.2. The topological polar surface area (TPSA) is 44.8 Å². The van der Waals surface area contributed by atoms with Crippen LogP contribution in [-0.2, 0) is 11.2 Å². The number of piperidine rings is 1. The zero-order valence-electron chi connectivity index (χ0n) is 14.2. The summed E-state index contributed by atoms with van der Waals surface area (Å²) in [6.07, 6.45) is 3.32. The lowest BCUT2D eigenvalue weighted by atomic mass is 10.1. The number of fused-ring (bicyclic) bond motifs is 1. The van der Waals surface area contributed by atoms with Gasteiger partial charge in [-0.2, -0.15) is 0 Å². The SMILES string of the molecule is CCO[C@@H]1CCCN(C(=O)Nc2ccc3c(c2)N(CC)CC3)C1. The van der Waals surface area contributed by atoms with Crippen molar-refractivity contribution in [2.24, 2.45) is 0 Å². The lowest BCUT2D eigenvalue weighted by Crippen LogP contribution is -2.45. The Hall–Kier alpha value is -1.75. The van der Waals surface area contributed by atoms with Crippen LogP contribution in [0.3, 0.4) is 0 Å². The summed E-state index contributed by atoms with van der Waals surface area (Å²) in [7, 11) is 0. The van der Waals surface area contributed by atoms with E-state index < -0.39 is 0 Å². The Bertz CT molecular complexity index is 559. The molecule has 2 aliphatic rings. The Balaban J connectivity index is 1.64. The van der Waals surface area contributed by atoms with Crippen molar-refractivity contribution in [3.8, 4) is 0 Å². The lowest BCUT2D eigenvalue weighted by Gasteiger charge is -2.32. The number of amides is 2. The van der Waals surface area contributed by atoms with E-state index in [0.29, 0.717) is 13.2 Å². The molecule has 0 spiro atoms. The molecule has 2 amide bonds. The van der Waals surface area contributed by atoms with Crippen molar-refractivity contribution < 1.29 is 9.53 Å². The van der Waals surface area contributed by atoms with E-state index in [9.17, 15) is 4.79 Å². The molecule has 1 saturated heterocycles. The third kappa shape index (κ3) is 3.61. The van der Waals surface area contributed by atoms with E-state index >= 15 is 0 Å². The highest BCUT2D eigenvalue weighted by atomic mass is 16.5. The number of likely N-dealkylation sites (tertiary alicyclic amines) is 1. The average molecular weight is 317 g/mol. The van der Waals surface area contributed by atoms with Gasteiger partial charge in [0.1, 0.15) is 0 Å². The van der Waals surface area contributed by atoms with Crippen LogP contribution >= 0.6 is 0 Å². The predicted molar refractivity (Wildman–Crippen MR) is 93.3 cm³/mol. The van der Waals surface area contributed by atoms with Crippen molar-refractivity contribution >= 4 is 17.4 Å². The molecular formula is C18H27N3O2. The quantitative estimate of drug-likeness (QED) is 0.928. The molecule has 1 atom stereocenters. The van der Waals surface area contributed by atoms with Crippen LogP contribution < -0.4 is 10.2 Å². The van der Waals surface area contributed by atoms with Gasteiger partial charge in [-0.3, -0.25) is 0 Å². The minimum absolute atomic E-state index is 0.0181. The number of likely N-dealkylation sites (N-methyl/N-ethyl adjacent to an activating group) is 1. The second-order valence-corrected chi connectivity index (χ2v) is 6.27. The van der Waals surface area contributed by atoms with E-state index in [1.54, 1.807) is 0 Å². The van der Waals surface area contributed by atoms with Crippen LogP contribution in [-0.4, -0.2) is 49.8 Å². The number of carbonyl (C=O) groups excluding carboxylic acids is 1. The molecule has 5 nitrogen and oxygen atoms in total. The summed E-state index contributed by atoms with van der Waals surface area (Å²) in [5.41, 5.74) is 3.52. The summed E-state index contributed by atoms with van der Waals surface area (Å²) in [5.74, 6) is 0. The maximum atomic E-state index is 12.5. The number of nitrogens with one attached hydrogen (secondary N) is 1. The normalized spacial score (nSPS) is 20.5. The minimum Gasteiger partial charge on any atom is -0.377 e. The highest BCUT2D eigenvalue weighted by Crippen LogP contribution is 2.30. The molecule has 1 aromatic rings. The van der Waals surface area contributed by atoms with Gasteiger partial charge in [-0.05, 0) is 50.8 Å². The Labute approximate surface area is 138 Å². The highest BCUT2D eigenvalue weighted by molar-refractivity contribution is 5.90. The molecule has 0 unspecified atom stereocenters. The van der Waals surface area contributed by atoms with E-state index in [4.69, 9.17) is 4.74 Å². The zero-order valence-corrected chi connectivity index (χ0v) is 14.2. The second kappa shape index (κ2) is 7.21. The highest BCUT2D eigenvalue weighted by Gasteiger charge is 2.24. The maximum absolute atomic E-state index is 12.5. The van der Waals surface area contributed by atoms with Crippen LogP contribution in [0.4, 0.5) is 16.2 Å². The van der Waals surface area contributed by atoms with Crippen molar-refractivity contribution in [2.45, 2.75) is 39.2 Å². The van der Waals surface area contributed by atoms with Gasteiger partial charge in [-0.25, -0.2) is 4.79 Å². The van der Waals surface area contributed by atoms with Crippen molar-refractivity contribution in [3.05, 3.63) is 23.8 Å². The first-order valence-corrected chi connectivity index (χ1v) is 8.76. The van der Waals surface area contributed by atoms with Gasteiger partial charge in [0.2, 0.25) is 0 Å². The third-order valence-corrected chi connectivity index (χ3v) is 4.78. The molecule has 23 heavy (non-hydrogen) atoms. The van der Waals surface area contributed by atoms with Crippen molar-refractivity contribution in [3.63, 3.8) is 0 Å². The molecule has 1 N–H and O–H groups in total. The molecule has 0 saturated carbocycles. The van der Waals surface area contributed by atoms with E-state index in [-0.39, 0.29) is 12.1 Å². The molecule has 0 aliphatic carbocycles. The molecule has 2 heterocycles. The van der Waals surface area contributed by atoms with Crippen LogP contribution in [0.5, 0.6) is 0 Å². The number of hydrogen-bond acceptors (Lipinski definition) is 3. The molecule has 0 aromatic heterocycles. The van der Waals surface area contributed by atoms with Gasteiger partial charge in [0.15, 0.2) is 0 Å². The molecule has 0 radical (unpaired) electrons. The summed E-state index contributed by atoms with van der Waals surface area (Å²) in [5, 5.41) is 3.05. The van der Waals surface area contributed by atoms with Gasteiger partial charge in [-0.15, -0.1) is 0 Å². The molecule has 3 rings (SSSR count). The monoisotopic (exact) mass is 317 g/mol. The maximum Gasteiger partial charge on any atom is 0.321 e. The predicted octanol–water partition coefficient (Wildman–Crippen LogP) is 3.10. The molecule has 1 fully saturated rings. The Morgan fingerprint density at radius 2 is 2.22 bits per heavy atom. The first-order chi connectivity index (χ1) is 11.2. The summed E-state index contributed by atoms with van der Waals surface area (Å²) in [6.45, 7) is 8.45. The number of rotatable bonds is 4. The standard InChI is InChI=1S/C18H27N3O2/c1-3-20-11-9-14-7-8-15(12-17(14)20)19-18(22)21-10-5-6-16(13-21)23-4-2/h7-8,12,16H,3-6,9-11,13H2,1-2H3,(H,19,22)/t16-/m1/s1. The first-order valence-electron chi connectivity index (χ1n) is 8.76. The van der Waals surface area contributed by atoms with Crippen LogP contribution in [0.15, 0.2) is 18.2 Å². The summed E-state index contributed by atoms with van der Waals surface area (Å²) in [6, 6.07) is 6.24. The van der Waals surface area contributed by atoms with E-state index in [2.05, 4.69) is 29.3 Å². The molecule has 2 aliphatic heterocycles. The number of nitrogens with zero attached hydrogens (tertiary/aromatic N) is 2. The fourth-order valence-electron chi connectivity index (χ4n) is 3.55. The van der Waals surface area contributed by atoms with Gasteiger partial charge in [0.25, 0.3) is 0 Å². The largest absolute Gasteiger partial charge is 0.377 e. The Morgan fingerprint density at radius 3 is 3.00 bits per heavy atom. The van der Waals surface area contributed by atoms with Gasteiger partial charge in [0, 0.05) is 44.2 Å². The van der Waals surface area contributed by atoms with Crippen LogP contribution in [0, 0.1) is 0 Å².